The van der Waals surface area contributed by atoms with Crippen LogP contribution in [-0.4, -0.2) is 7.05 Å². The summed E-state index contributed by atoms with van der Waals surface area (Å²) < 4.78 is 0. The Bertz CT molecular complexity index is 623. The lowest BCUT2D eigenvalue weighted by molar-refractivity contribution is 0.692. The molecule has 21 heavy (non-hydrogen) atoms. The molecule has 1 unspecified atom stereocenters. The fraction of sp³-hybridized carbons (Fsp3) is 0.474. The maximum absolute atomic E-state index is 3.54. The molecule has 0 aliphatic rings. The lowest BCUT2D eigenvalue weighted by Gasteiger charge is -2.25. The minimum Gasteiger partial charge on any atom is -0.309 e. The zero-order chi connectivity index (χ0) is 15.7. The summed E-state index contributed by atoms with van der Waals surface area (Å²) in [5.74, 6) is 0. The normalized spacial score (nSPS) is 12.7. The van der Waals surface area contributed by atoms with Crippen LogP contribution in [0.5, 0.6) is 0 Å². The van der Waals surface area contributed by atoms with Crippen LogP contribution < -0.4 is 5.32 Å². The van der Waals surface area contributed by atoms with Crippen molar-refractivity contribution in [2.75, 3.05) is 7.05 Å². The highest BCUT2D eigenvalue weighted by atomic mass is 32.1. The fourth-order valence-electron chi connectivity index (χ4n) is 3.13. The van der Waals surface area contributed by atoms with Gasteiger partial charge in [-0.3, -0.25) is 0 Å². The molecule has 114 valence electrons. The van der Waals surface area contributed by atoms with Gasteiger partial charge in [-0.05, 0) is 93.6 Å². The Morgan fingerprint density at radius 1 is 0.905 bits per heavy atom. The van der Waals surface area contributed by atoms with Gasteiger partial charge in [0.05, 0.1) is 6.04 Å². The van der Waals surface area contributed by atoms with Crippen molar-refractivity contribution < 1.29 is 0 Å². The molecule has 1 heterocycles. The standard InChI is InChI=1S/C19H27NS/c1-8-16-9-10-17(21-16)19(20-7)18-14(5)12(3)11(2)13(4)15(18)6/h9-10,19-20H,8H2,1-7H3. The molecule has 1 N–H and O–H groups in total. The maximum Gasteiger partial charge on any atom is 0.0674 e. The van der Waals surface area contributed by atoms with Gasteiger partial charge in [0.2, 0.25) is 0 Å². The van der Waals surface area contributed by atoms with Crippen molar-refractivity contribution in [3.05, 3.63) is 55.3 Å². The van der Waals surface area contributed by atoms with Gasteiger partial charge in [-0.1, -0.05) is 6.92 Å². The van der Waals surface area contributed by atoms with E-state index in [0.717, 1.165) is 6.42 Å². The molecule has 0 radical (unpaired) electrons. The second kappa shape index (κ2) is 6.33. The number of nitrogens with one attached hydrogen (secondary N) is 1. The van der Waals surface area contributed by atoms with Crippen molar-refractivity contribution in [3.63, 3.8) is 0 Å². The van der Waals surface area contributed by atoms with E-state index in [2.05, 4.69) is 66.0 Å². The highest BCUT2D eigenvalue weighted by molar-refractivity contribution is 7.12. The van der Waals surface area contributed by atoms with Gasteiger partial charge >= 0.3 is 0 Å². The predicted molar refractivity (Wildman–Crippen MR) is 94.7 cm³/mol. The smallest absolute Gasteiger partial charge is 0.0674 e. The first-order valence-electron chi connectivity index (χ1n) is 7.75. The number of thiophene rings is 1. The van der Waals surface area contributed by atoms with Gasteiger partial charge in [-0.25, -0.2) is 0 Å². The molecule has 1 atom stereocenters. The maximum atomic E-state index is 3.54. The molecule has 0 saturated carbocycles. The molecule has 1 aromatic heterocycles. The molecule has 0 aliphatic carbocycles. The van der Waals surface area contributed by atoms with Crippen molar-refractivity contribution >= 4 is 11.3 Å². The van der Waals surface area contributed by atoms with Crippen LogP contribution in [0.1, 0.15) is 56.1 Å². The van der Waals surface area contributed by atoms with E-state index in [1.54, 1.807) is 0 Å². The summed E-state index contributed by atoms with van der Waals surface area (Å²) in [6.07, 6.45) is 1.12. The summed E-state index contributed by atoms with van der Waals surface area (Å²) in [7, 11) is 2.07. The van der Waals surface area contributed by atoms with Gasteiger partial charge in [0.15, 0.2) is 0 Å². The van der Waals surface area contributed by atoms with Crippen LogP contribution in [0.3, 0.4) is 0 Å². The van der Waals surface area contributed by atoms with E-state index in [9.17, 15) is 0 Å². The van der Waals surface area contributed by atoms with Crippen molar-refractivity contribution in [1.82, 2.24) is 5.32 Å². The average molecular weight is 301 g/mol. The summed E-state index contributed by atoms with van der Waals surface area (Å²) in [5, 5.41) is 3.54. The second-order valence-corrected chi connectivity index (χ2v) is 7.12. The Kier molecular flexibility index (Phi) is 4.90. The Labute approximate surface area is 133 Å². The molecular formula is C19H27NS. The van der Waals surface area contributed by atoms with Crippen LogP contribution in [0, 0.1) is 34.6 Å². The summed E-state index contributed by atoms with van der Waals surface area (Å²) in [6, 6.07) is 4.85. The van der Waals surface area contributed by atoms with E-state index in [0.29, 0.717) is 6.04 Å². The third kappa shape index (κ3) is 2.79. The third-order valence-corrected chi connectivity index (χ3v) is 6.25. The van der Waals surface area contributed by atoms with Crippen LogP contribution in [0.4, 0.5) is 0 Å². The topological polar surface area (TPSA) is 12.0 Å². The zero-order valence-electron chi connectivity index (χ0n) is 14.3. The zero-order valence-corrected chi connectivity index (χ0v) is 15.2. The first kappa shape index (κ1) is 16.3. The van der Waals surface area contributed by atoms with Crippen LogP contribution in [0.2, 0.25) is 0 Å². The van der Waals surface area contributed by atoms with Gasteiger partial charge in [0, 0.05) is 9.75 Å². The van der Waals surface area contributed by atoms with Crippen molar-refractivity contribution in [2.45, 2.75) is 54.0 Å². The van der Waals surface area contributed by atoms with E-state index in [1.165, 1.54) is 43.1 Å². The highest BCUT2D eigenvalue weighted by Crippen LogP contribution is 2.36. The highest BCUT2D eigenvalue weighted by Gasteiger charge is 2.21. The molecular weight excluding hydrogens is 274 g/mol. The van der Waals surface area contributed by atoms with Crippen molar-refractivity contribution in [2.24, 2.45) is 0 Å². The lowest BCUT2D eigenvalue weighted by atomic mass is 9.86. The van der Waals surface area contributed by atoms with E-state index in [-0.39, 0.29) is 0 Å². The summed E-state index contributed by atoms with van der Waals surface area (Å²) in [4.78, 5) is 2.88. The molecule has 2 rings (SSSR count). The first-order valence-corrected chi connectivity index (χ1v) is 8.56. The van der Waals surface area contributed by atoms with Crippen LogP contribution >= 0.6 is 11.3 Å². The molecule has 2 heteroatoms. The Hall–Kier alpha value is -1.12. The van der Waals surface area contributed by atoms with E-state index >= 15 is 0 Å². The first-order chi connectivity index (χ1) is 9.92. The number of benzene rings is 1. The summed E-state index contributed by atoms with van der Waals surface area (Å²) in [5.41, 5.74) is 8.62. The predicted octanol–water partition coefficient (Wildman–Crippen LogP) is 5.16. The molecule has 0 saturated heterocycles. The van der Waals surface area contributed by atoms with Crippen molar-refractivity contribution in [3.8, 4) is 0 Å². The molecule has 2 aromatic rings. The largest absolute Gasteiger partial charge is 0.309 e. The Balaban J connectivity index is 2.62. The Morgan fingerprint density at radius 2 is 1.43 bits per heavy atom. The third-order valence-electron chi connectivity index (χ3n) is 4.95. The Morgan fingerprint density at radius 3 is 1.86 bits per heavy atom. The molecule has 1 aromatic carbocycles. The van der Waals surface area contributed by atoms with Gasteiger partial charge in [0.25, 0.3) is 0 Å². The minimum absolute atomic E-state index is 0.299. The number of hydrogen-bond donors (Lipinski definition) is 1. The monoisotopic (exact) mass is 301 g/mol. The number of aryl methyl sites for hydroxylation is 1. The quantitative estimate of drug-likeness (QED) is 0.822. The van der Waals surface area contributed by atoms with Gasteiger partial charge in [0.1, 0.15) is 0 Å². The van der Waals surface area contributed by atoms with Crippen LogP contribution in [-0.2, 0) is 6.42 Å². The van der Waals surface area contributed by atoms with E-state index < -0.39 is 0 Å². The number of rotatable bonds is 4. The lowest BCUT2D eigenvalue weighted by Crippen LogP contribution is -2.20. The molecule has 1 nitrogen and oxygen atoms in total. The van der Waals surface area contributed by atoms with E-state index in [4.69, 9.17) is 0 Å². The van der Waals surface area contributed by atoms with Crippen LogP contribution in [0.15, 0.2) is 12.1 Å². The molecule has 0 amide bonds. The molecule has 0 aliphatic heterocycles. The second-order valence-electron chi connectivity index (χ2n) is 5.92. The summed E-state index contributed by atoms with van der Waals surface area (Å²) in [6.45, 7) is 13.5. The average Bonchev–Trinajstić information content (AvgIpc) is 2.96. The van der Waals surface area contributed by atoms with Crippen LogP contribution in [0.25, 0.3) is 0 Å². The molecule has 0 spiro atoms. The minimum atomic E-state index is 0.299. The van der Waals surface area contributed by atoms with Crippen molar-refractivity contribution in [1.29, 1.82) is 0 Å². The number of hydrogen-bond acceptors (Lipinski definition) is 2. The molecule has 0 bridgehead atoms. The van der Waals surface area contributed by atoms with E-state index in [1.807, 2.05) is 11.3 Å². The van der Waals surface area contributed by atoms with Gasteiger partial charge < -0.3 is 5.32 Å². The fourth-order valence-corrected chi connectivity index (χ4v) is 4.20. The summed E-state index contributed by atoms with van der Waals surface area (Å²) >= 11 is 1.93. The van der Waals surface area contributed by atoms with Gasteiger partial charge in [-0.15, -0.1) is 11.3 Å². The molecule has 0 fully saturated rings. The SMILES string of the molecule is CCc1ccc(C(NC)c2c(C)c(C)c(C)c(C)c2C)s1. The van der Waals surface area contributed by atoms with Gasteiger partial charge in [-0.2, -0.15) is 0 Å².